The number of rotatable bonds is 7. The Bertz CT molecular complexity index is 1490. The average Bonchev–Trinajstić information content (AvgIpc) is 3.23. The van der Waals surface area contributed by atoms with Crippen molar-refractivity contribution < 1.29 is 91.4 Å². The summed E-state index contributed by atoms with van der Waals surface area (Å²) in [5.74, 6) is -0.703. The van der Waals surface area contributed by atoms with E-state index >= 15 is 0 Å². The van der Waals surface area contributed by atoms with Crippen LogP contribution in [0.1, 0.15) is 5.01 Å². The second-order valence-corrected chi connectivity index (χ2v) is 11.8. The summed E-state index contributed by atoms with van der Waals surface area (Å²) >= 11 is 2.42. The van der Waals surface area contributed by atoms with Crippen molar-refractivity contribution in [3.63, 3.8) is 0 Å². The molecule has 0 saturated carbocycles. The van der Waals surface area contributed by atoms with Crippen LogP contribution in [0.25, 0.3) is 16.3 Å². The molecule has 34 heavy (non-hydrogen) atoms. The Balaban J connectivity index is 0.00000324. The second-order valence-electron chi connectivity index (χ2n) is 6.92. The van der Waals surface area contributed by atoms with Crippen molar-refractivity contribution in [1.82, 2.24) is 0 Å². The minimum Gasteiger partial charge on any atom is -0.747 e. The van der Waals surface area contributed by atoms with Gasteiger partial charge in [-0.15, -0.1) is 0 Å². The zero-order valence-corrected chi connectivity index (χ0v) is 24.6. The Morgan fingerprint density at radius 3 is 2.26 bits per heavy atom. The molecule has 0 amide bonds. The van der Waals surface area contributed by atoms with E-state index in [0.29, 0.717) is 42.3 Å². The molecule has 1 aliphatic rings. The van der Waals surface area contributed by atoms with Gasteiger partial charge in [0, 0.05) is 11.0 Å². The fraction of sp³-hybridized carbons (Fsp3) is 0.211. The molecule has 0 aliphatic carbocycles. The van der Waals surface area contributed by atoms with Crippen LogP contribution >= 0.6 is 23.1 Å². The molecule has 0 fully saturated rings. The van der Waals surface area contributed by atoms with Crippen LogP contribution in [0.5, 0.6) is 11.5 Å². The predicted octanol–water partition coefficient (Wildman–Crippen LogP) is -0.874. The molecule has 15 heteroatoms. The maximum absolute atomic E-state index is 11.6. The fourth-order valence-electron chi connectivity index (χ4n) is 3.32. The van der Waals surface area contributed by atoms with Gasteiger partial charge in [0.1, 0.15) is 32.2 Å². The average molecular weight is 569 g/mol. The molecule has 10 nitrogen and oxygen atoms in total. The molecule has 0 N–H and O–H groups in total. The van der Waals surface area contributed by atoms with Crippen LogP contribution in [-0.2, 0) is 26.1 Å². The number of fused-ring (bicyclic) bond motifs is 2. The molecule has 1 aromatic heterocycles. The summed E-state index contributed by atoms with van der Waals surface area (Å²) in [5.41, 5.74) is 0.937. The zero-order valence-electron chi connectivity index (χ0n) is 18.2. The summed E-state index contributed by atoms with van der Waals surface area (Å²) in [4.78, 5) is 2.02. The maximum Gasteiger partial charge on any atom is 1.00 e. The van der Waals surface area contributed by atoms with Crippen molar-refractivity contribution >= 4 is 65.3 Å². The molecule has 0 unspecified atom stereocenters. The monoisotopic (exact) mass is 568 g/mol. The van der Waals surface area contributed by atoms with Gasteiger partial charge in [0.15, 0.2) is 10.1 Å². The molecular weight excluding hydrogens is 552 g/mol. The number of benzene rings is 2. The number of methoxy groups -OCH3 is 2. The molecule has 1 aliphatic heterocycles. The van der Waals surface area contributed by atoms with Crippen molar-refractivity contribution in [3.8, 4) is 11.5 Å². The molecule has 0 bridgehead atoms. The molecule has 4 rings (SSSR count). The number of hydrogen-bond donors (Lipinski definition) is 0. The number of nitrogens with zero attached hydrogens (tertiary/aromatic N) is 2. The Hall–Kier alpha value is -0.724. The van der Waals surface area contributed by atoms with Crippen LogP contribution in [0.15, 0.2) is 46.3 Å². The maximum atomic E-state index is 11.6. The van der Waals surface area contributed by atoms with Gasteiger partial charge in [0.05, 0.1) is 37.1 Å². The number of ether oxygens (including phenoxy) is 2. The van der Waals surface area contributed by atoms with E-state index in [2.05, 4.69) is 0 Å². The third-order valence-electron chi connectivity index (χ3n) is 4.70. The standard InChI is InChI=1S/C19H18N2O8S4.K/c1-28-12-3-5-16-14(7-12)20(10-32(22,23)24)18(30-16)9-19-21(11-33(25,26)27)15-8-13(29-2)4-6-17(15)31-19;/h3-9H,10-11H2,1-2H3,(H-,22,23,24,25,26,27);/q;+1/p-1. The van der Waals surface area contributed by atoms with Crippen molar-refractivity contribution in [2.45, 2.75) is 10.8 Å². The smallest absolute Gasteiger partial charge is 0.747 e. The SMILES string of the molecule is COc1ccc2c(c1)N(CS(=O)(=O)[O-])C(=Cc1sc3ccc(OC)cc3[n+]1CS(=O)(=O)[O-])S2.[K+]. The number of aromatic nitrogens is 1. The predicted molar refractivity (Wildman–Crippen MR) is 122 cm³/mol. The van der Waals surface area contributed by atoms with Crippen LogP contribution < -0.4 is 70.3 Å². The fourth-order valence-corrected chi connectivity index (χ4v) is 6.90. The molecule has 2 aromatic carbocycles. The van der Waals surface area contributed by atoms with Gasteiger partial charge in [0.25, 0.3) is 5.01 Å². The Morgan fingerprint density at radius 2 is 1.65 bits per heavy atom. The van der Waals surface area contributed by atoms with Crippen LogP contribution in [0.3, 0.4) is 0 Å². The van der Waals surface area contributed by atoms with Gasteiger partial charge in [-0.1, -0.05) is 23.1 Å². The van der Waals surface area contributed by atoms with Crippen molar-refractivity contribution in [2.75, 3.05) is 25.0 Å². The van der Waals surface area contributed by atoms with Gasteiger partial charge in [-0.3, -0.25) is 0 Å². The third-order valence-corrected chi connectivity index (χ3v) is 8.07. The van der Waals surface area contributed by atoms with E-state index in [1.165, 1.54) is 46.8 Å². The van der Waals surface area contributed by atoms with Crippen LogP contribution in [0.2, 0.25) is 0 Å². The van der Waals surface area contributed by atoms with Crippen LogP contribution in [0, 0.1) is 0 Å². The molecule has 3 aromatic rings. The second kappa shape index (κ2) is 10.7. The van der Waals surface area contributed by atoms with E-state index in [-0.39, 0.29) is 51.4 Å². The van der Waals surface area contributed by atoms with Gasteiger partial charge in [0.2, 0.25) is 11.4 Å². The van der Waals surface area contributed by atoms with Gasteiger partial charge < -0.3 is 23.5 Å². The number of anilines is 1. The summed E-state index contributed by atoms with van der Waals surface area (Å²) < 4.78 is 82.1. The van der Waals surface area contributed by atoms with Crippen LogP contribution in [0.4, 0.5) is 5.69 Å². The topological polar surface area (TPSA) is 140 Å². The van der Waals surface area contributed by atoms with Crippen molar-refractivity contribution in [3.05, 3.63) is 46.4 Å². The minimum atomic E-state index is -4.65. The summed E-state index contributed by atoms with van der Waals surface area (Å²) in [7, 11) is -6.37. The first-order valence-electron chi connectivity index (χ1n) is 9.20. The molecule has 176 valence electrons. The third kappa shape index (κ3) is 6.33. The minimum absolute atomic E-state index is 0. The molecule has 0 atom stereocenters. The van der Waals surface area contributed by atoms with E-state index in [4.69, 9.17) is 9.47 Å². The van der Waals surface area contributed by atoms with Gasteiger partial charge >= 0.3 is 51.4 Å². The first kappa shape index (κ1) is 27.9. The van der Waals surface area contributed by atoms with Crippen molar-refractivity contribution in [2.24, 2.45) is 0 Å². The number of hydrogen-bond acceptors (Lipinski definition) is 11. The van der Waals surface area contributed by atoms with E-state index in [9.17, 15) is 25.9 Å². The van der Waals surface area contributed by atoms with Gasteiger partial charge in [-0.05, 0) is 24.3 Å². The normalized spacial score (nSPS) is 14.8. The molecule has 0 spiro atoms. The summed E-state index contributed by atoms with van der Waals surface area (Å²) in [6.45, 7) is 0. The van der Waals surface area contributed by atoms with E-state index in [0.717, 1.165) is 0 Å². The van der Waals surface area contributed by atoms with Gasteiger partial charge in [-0.25, -0.2) is 16.8 Å². The first-order valence-corrected chi connectivity index (χ1v) is 14.0. The molecule has 0 saturated heterocycles. The van der Waals surface area contributed by atoms with E-state index in [1.807, 2.05) is 0 Å². The molecular formula is C19H17KN2O8S4. The Kier molecular flexibility index (Phi) is 8.78. The summed E-state index contributed by atoms with van der Waals surface area (Å²) in [6, 6.07) is 10.1. The quantitative estimate of drug-likeness (QED) is 0.201. The van der Waals surface area contributed by atoms with E-state index < -0.39 is 32.0 Å². The Morgan fingerprint density at radius 1 is 1.00 bits per heavy atom. The number of thiazole rings is 1. The van der Waals surface area contributed by atoms with Crippen molar-refractivity contribution in [1.29, 1.82) is 0 Å². The molecule has 0 radical (unpaired) electrons. The van der Waals surface area contributed by atoms with Crippen LogP contribution in [-0.4, -0.2) is 46.0 Å². The largest absolute Gasteiger partial charge is 1.00 e. The van der Waals surface area contributed by atoms with Gasteiger partial charge in [-0.2, -0.15) is 4.57 Å². The zero-order chi connectivity index (χ0) is 24.0. The summed E-state index contributed by atoms with van der Waals surface area (Å²) in [5, 5.41) is 0.765. The number of thioether (sulfide) groups is 1. The molecule has 2 heterocycles. The van der Waals surface area contributed by atoms with E-state index in [1.54, 1.807) is 42.5 Å². The Labute approximate surface area is 247 Å². The first-order chi connectivity index (χ1) is 15.5. The summed E-state index contributed by atoms with van der Waals surface area (Å²) in [6.07, 6.45) is 1.56.